The van der Waals surface area contributed by atoms with Crippen LogP contribution in [0, 0.1) is 26.2 Å². The summed E-state index contributed by atoms with van der Waals surface area (Å²) in [5, 5.41) is 4.12. The fourth-order valence-electron chi connectivity index (χ4n) is 2.59. The van der Waals surface area contributed by atoms with Gasteiger partial charge in [0.2, 0.25) is 5.82 Å². The molecule has 1 heterocycles. The molecule has 3 rings (SSSR count). The van der Waals surface area contributed by atoms with Gasteiger partial charge in [0.15, 0.2) is 0 Å². The second-order valence-electron chi connectivity index (χ2n) is 5.58. The van der Waals surface area contributed by atoms with E-state index < -0.39 is 0 Å². The summed E-state index contributed by atoms with van der Waals surface area (Å²) in [7, 11) is 0. The molecule has 0 N–H and O–H groups in total. The Bertz CT molecular complexity index is 871. The number of aryl methyl sites for hydroxylation is 3. The Morgan fingerprint density at radius 2 is 1.91 bits per heavy atom. The highest BCUT2D eigenvalue weighted by Gasteiger charge is 2.12. The summed E-state index contributed by atoms with van der Waals surface area (Å²) >= 11 is 0. The maximum absolute atomic E-state index is 5.43. The highest BCUT2D eigenvalue weighted by molar-refractivity contribution is 5.63. The second-order valence-corrected chi connectivity index (χ2v) is 5.58. The van der Waals surface area contributed by atoms with Crippen molar-refractivity contribution in [1.29, 1.82) is 0 Å². The van der Waals surface area contributed by atoms with Crippen LogP contribution in [0.4, 0.5) is 0 Å². The lowest BCUT2D eigenvalue weighted by Gasteiger charge is -2.05. The molecule has 0 saturated carbocycles. The molecule has 0 aliphatic rings. The number of aromatic nitrogens is 2. The summed E-state index contributed by atoms with van der Waals surface area (Å²) in [6, 6.07) is 14.2. The first kappa shape index (κ1) is 15.1. The van der Waals surface area contributed by atoms with Crippen LogP contribution in [0.2, 0.25) is 0 Å². The Morgan fingerprint density at radius 3 is 2.65 bits per heavy atom. The van der Waals surface area contributed by atoms with Crippen molar-refractivity contribution in [1.82, 2.24) is 10.1 Å². The van der Waals surface area contributed by atoms with Crippen LogP contribution in [0.5, 0.6) is 0 Å². The fraction of sp³-hybridized carbons (Fsp3) is 0.200. The van der Waals surface area contributed by atoms with Gasteiger partial charge >= 0.3 is 0 Å². The van der Waals surface area contributed by atoms with Gasteiger partial charge in [0, 0.05) is 17.5 Å². The minimum absolute atomic E-state index is 0.548. The van der Waals surface area contributed by atoms with E-state index in [0.29, 0.717) is 11.7 Å². The summed E-state index contributed by atoms with van der Waals surface area (Å²) in [4.78, 5) is 4.53. The van der Waals surface area contributed by atoms with Gasteiger partial charge in [-0.25, -0.2) is 0 Å². The second kappa shape index (κ2) is 6.50. The smallest absolute Gasteiger partial charge is 0.258 e. The summed E-state index contributed by atoms with van der Waals surface area (Å²) in [5.74, 6) is 3.83. The molecule has 0 radical (unpaired) electrons. The summed E-state index contributed by atoms with van der Waals surface area (Å²) in [5.41, 5.74) is 5.49. The van der Waals surface area contributed by atoms with Crippen molar-refractivity contribution in [2.75, 3.05) is 0 Å². The van der Waals surface area contributed by atoms with Gasteiger partial charge in [-0.3, -0.25) is 0 Å². The van der Waals surface area contributed by atoms with Gasteiger partial charge in [0.05, 0.1) is 0 Å². The van der Waals surface area contributed by atoms with Crippen LogP contribution < -0.4 is 0 Å². The van der Waals surface area contributed by atoms with Crippen molar-refractivity contribution >= 4 is 0 Å². The van der Waals surface area contributed by atoms with Gasteiger partial charge in [-0.2, -0.15) is 4.98 Å². The fourth-order valence-corrected chi connectivity index (χ4v) is 2.59. The standard InChI is InChI=1S/C20H18N2O/c1-4-5-9-16-11-12-17(13-15(16)3)19-21-20(23-22-19)18-10-7-6-8-14(18)2/h1,6-8,10-13H,5,9H2,2-3H3. The number of benzene rings is 2. The van der Waals surface area contributed by atoms with Gasteiger partial charge in [0.25, 0.3) is 5.89 Å². The van der Waals surface area contributed by atoms with Crippen molar-refractivity contribution in [3.05, 3.63) is 59.2 Å². The van der Waals surface area contributed by atoms with Gasteiger partial charge in [-0.1, -0.05) is 35.5 Å². The quantitative estimate of drug-likeness (QED) is 0.662. The highest BCUT2D eigenvalue weighted by Crippen LogP contribution is 2.26. The normalized spacial score (nSPS) is 10.5. The monoisotopic (exact) mass is 302 g/mol. The van der Waals surface area contributed by atoms with E-state index in [0.717, 1.165) is 29.5 Å². The van der Waals surface area contributed by atoms with E-state index in [1.807, 2.05) is 37.3 Å². The Hall–Kier alpha value is -2.86. The molecule has 114 valence electrons. The third-order valence-corrected chi connectivity index (χ3v) is 3.94. The number of rotatable bonds is 4. The summed E-state index contributed by atoms with van der Waals surface area (Å²) in [6.45, 7) is 4.11. The third-order valence-electron chi connectivity index (χ3n) is 3.94. The SMILES string of the molecule is C#CCCc1ccc(-c2noc(-c3ccccc3C)n2)cc1C. The van der Waals surface area contributed by atoms with E-state index in [4.69, 9.17) is 10.9 Å². The first-order valence-electron chi connectivity index (χ1n) is 7.62. The number of hydrogen-bond acceptors (Lipinski definition) is 3. The van der Waals surface area contributed by atoms with Gasteiger partial charge in [-0.05, 0) is 49.1 Å². The lowest BCUT2D eigenvalue weighted by Crippen LogP contribution is -1.91. The van der Waals surface area contributed by atoms with Crippen molar-refractivity contribution in [2.24, 2.45) is 0 Å². The predicted octanol–water partition coefficient (Wildman–Crippen LogP) is 4.59. The average molecular weight is 302 g/mol. The lowest BCUT2D eigenvalue weighted by atomic mass is 10.0. The molecule has 3 aromatic rings. The van der Waals surface area contributed by atoms with E-state index in [1.54, 1.807) is 0 Å². The van der Waals surface area contributed by atoms with Gasteiger partial charge in [0.1, 0.15) is 0 Å². The summed E-state index contributed by atoms with van der Waals surface area (Å²) < 4.78 is 5.43. The van der Waals surface area contributed by atoms with E-state index in [9.17, 15) is 0 Å². The van der Waals surface area contributed by atoms with Crippen LogP contribution in [0.1, 0.15) is 23.1 Å². The summed E-state index contributed by atoms with van der Waals surface area (Å²) in [6.07, 6.45) is 6.98. The molecule has 3 nitrogen and oxygen atoms in total. The molecule has 3 heteroatoms. The van der Waals surface area contributed by atoms with Crippen LogP contribution in [0.3, 0.4) is 0 Å². The first-order valence-corrected chi connectivity index (χ1v) is 7.62. The Morgan fingerprint density at radius 1 is 1.09 bits per heavy atom. The molecule has 0 aliphatic carbocycles. The minimum atomic E-state index is 0.548. The molecule has 0 aliphatic heterocycles. The third kappa shape index (κ3) is 3.17. The number of hydrogen-bond donors (Lipinski definition) is 0. The highest BCUT2D eigenvalue weighted by atomic mass is 16.5. The van der Waals surface area contributed by atoms with E-state index >= 15 is 0 Å². The average Bonchev–Trinajstić information content (AvgIpc) is 3.04. The van der Waals surface area contributed by atoms with Crippen LogP contribution in [-0.4, -0.2) is 10.1 Å². The molecule has 0 unspecified atom stereocenters. The van der Waals surface area contributed by atoms with Crippen LogP contribution in [-0.2, 0) is 6.42 Å². The van der Waals surface area contributed by atoms with E-state index in [2.05, 4.69) is 35.1 Å². The van der Waals surface area contributed by atoms with Crippen LogP contribution in [0.25, 0.3) is 22.8 Å². The van der Waals surface area contributed by atoms with Crippen molar-refractivity contribution in [2.45, 2.75) is 26.7 Å². The molecule has 2 aromatic carbocycles. The molecular weight excluding hydrogens is 284 g/mol. The molecule has 0 spiro atoms. The molecule has 1 aromatic heterocycles. The van der Waals surface area contributed by atoms with Crippen molar-refractivity contribution in [3.8, 4) is 35.2 Å². The largest absolute Gasteiger partial charge is 0.334 e. The molecule has 0 saturated heterocycles. The predicted molar refractivity (Wildman–Crippen MR) is 91.8 cm³/mol. The Kier molecular flexibility index (Phi) is 4.25. The van der Waals surface area contributed by atoms with Gasteiger partial charge < -0.3 is 4.52 Å². The minimum Gasteiger partial charge on any atom is -0.334 e. The van der Waals surface area contributed by atoms with E-state index in [1.165, 1.54) is 11.1 Å². The molecule has 0 bridgehead atoms. The molecule has 0 amide bonds. The van der Waals surface area contributed by atoms with E-state index in [-0.39, 0.29) is 0 Å². The zero-order chi connectivity index (χ0) is 16.2. The molecule has 23 heavy (non-hydrogen) atoms. The molecule has 0 fully saturated rings. The first-order chi connectivity index (χ1) is 11.2. The van der Waals surface area contributed by atoms with Gasteiger partial charge in [-0.15, -0.1) is 12.3 Å². The maximum atomic E-state index is 5.43. The molecule has 0 atom stereocenters. The Balaban J connectivity index is 1.90. The van der Waals surface area contributed by atoms with Crippen LogP contribution >= 0.6 is 0 Å². The van der Waals surface area contributed by atoms with Crippen LogP contribution in [0.15, 0.2) is 47.0 Å². The maximum Gasteiger partial charge on any atom is 0.258 e. The zero-order valence-corrected chi connectivity index (χ0v) is 13.3. The topological polar surface area (TPSA) is 38.9 Å². The molecular formula is C20H18N2O. The Labute approximate surface area is 136 Å². The van der Waals surface area contributed by atoms with Crippen molar-refractivity contribution < 1.29 is 4.52 Å². The van der Waals surface area contributed by atoms with Crippen molar-refractivity contribution in [3.63, 3.8) is 0 Å². The zero-order valence-electron chi connectivity index (χ0n) is 13.3. The number of nitrogens with zero attached hydrogens (tertiary/aromatic N) is 2. The lowest BCUT2D eigenvalue weighted by molar-refractivity contribution is 0.432. The number of terminal acetylenes is 1.